The topological polar surface area (TPSA) is 38.3 Å². The van der Waals surface area contributed by atoms with Crippen LogP contribution in [0.5, 0.6) is 0 Å². The molecule has 21 heavy (non-hydrogen) atoms. The second-order valence-electron chi connectivity index (χ2n) is 5.38. The summed E-state index contributed by atoms with van der Waals surface area (Å²) in [5, 5.41) is 2.78. The number of fused-ring (bicyclic) bond motifs is 2. The maximum Gasteiger partial charge on any atom is 0.417 e. The van der Waals surface area contributed by atoms with Crippen LogP contribution in [0.1, 0.15) is 35.2 Å². The first-order chi connectivity index (χ1) is 9.84. The van der Waals surface area contributed by atoms with E-state index in [9.17, 15) is 18.0 Å². The molecule has 0 radical (unpaired) electrons. The van der Waals surface area contributed by atoms with Gasteiger partial charge in [-0.25, -0.2) is 0 Å². The minimum Gasteiger partial charge on any atom is -0.373 e. The SMILES string of the molecule is O=C(NC1CC2CCC1O2)c1ccc(Br)c(C(F)(F)F)c1. The highest BCUT2D eigenvalue weighted by Gasteiger charge is 2.41. The molecule has 1 aromatic carbocycles. The largest absolute Gasteiger partial charge is 0.417 e. The molecule has 2 fully saturated rings. The number of ether oxygens (including phenoxy) is 1. The minimum absolute atomic E-state index is 0.00325. The number of rotatable bonds is 2. The third kappa shape index (κ3) is 2.94. The molecule has 2 aliphatic heterocycles. The molecule has 3 nitrogen and oxygen atoms in total. The first kappa shape index (κ1) is 14.8. The van der Waals surface area contributed by atoms with Crippen LogP contribution in [0, 0.1) is 0 Å². The molecule has 2 bridgehead atoms. The fraction of sp³-hybridized carbons (Fsp3) is 0.500. The first-order valence-electron chi connectivity index (χ1n) is 6.67. The van der Waals surface area contributed by atoms with Crippen LogP contribution in [-0.4, -0.2) is 24.2 Å². The van der Waals surface area contributed by atoms with E-state index < -0.39 is 17.6 Å². The highest BCUT2D eigenvalue weighted by atomic mass is 79.9. The molecule has 0 saturated carbocycles. The molecule has 3 rings (SSSR count). The van der Waals surface area contributed by atoms with Gasteiger partial charge in [-0.3, -0.25) is 4.79 Å². The van der Waals surface area contributed by atoms with Gasteiger partial charge in [-0.2, -0.15) is 13.2 Å². The maximum absolute atomic E-state index is 12.8. The zero-order valence-electron chi connectivity index (χ0n) is 10.9. The Labute approximate surface area is 128 Å². The van der Waals surface area contributed by atoms with Crippen LogP contribution in [0.15, 0.2) is 22.7 Å². The Balaban J connectivity index is 1.76. The lowest BCUT2D eigenvalue weighted by Gasteiger charge is -2.20. The highest BCUT2D eigenvalue weighted by Crippen LogP contribution is 2.36. The first-order valence-corrected chi connectivity index (χ1v) is 7.47. The lowest BCUT2D eigenvalue weighted by Crippen LogP contribution is -2.41. The van der Waals surface area contributed by atoms with Crippen molar-refractivity contribution in [3.8, 4) is 0 Å². The van der Waals surface area contributed by atoms with E-state index in [0.717, 1.165) is 25.3 Å². The van der Waals surface area contributed by atoms with Crippen molar-refractivity contribution in [2.24, 2.45) is 0 Å². The smallest absolute Gasteiger partial charge is 0.373 e. The second-order valence-corrected chi connectivity index (χ2v) is 6.24. The molecule has 2 heterocycles. The summed E-state index contributed by atoms with van der Waals surface area (Å²) in [5.74, 6) is -0.492. The zero-order valence-corrected chi connectivity index (χ0v) is 12.5. The zero-order chi connectivity index (χ0) is 15.2. The molecule has 1 aromatic rings. The molecular formula is C14H13BrF3NO2. The number of benzene rings is 1. The predicted octanol–water partition coefficient (Wildman–Crippen LogP) is 3.52. The van der Waals surface area contributed by atoms with Gasteiger partial charge in [-0.1, -0.05) is 15.9 Å². The Kier molecular flexibility index (Phi) is 3.73. The summed E-state index contributed by atoms with van der Waals surface area (Å²) in [5.41, 5.74) is -0.840. The number of nitrogens with one attached hydrogen (secondary N) is 1. The van der Waals surface area contributed by atoms with E-state index in [1.807, 2.05) is 0 Å². The van der Waals surface area contributed by atoms with Crippen LogP contribution in [-0.2, 0) is 10.9 Å². The minimum atomic E-state index is -4.50. The molecule has 2 saturated heterocycles. The second kappa shape index (κ2) is 5.28. The third-order valence-corrected chi connectivity index (χ3v) is 4.65. The van der Waals surface area contributed by atoms with E-state index >= 15 is 0 Å². The standard InChI is InChI=1S/C14H13BrF3NO2/c15-10-3-1-7(5-9(10)14(16,17)18)13(20)19-11-6-8-2-4-12(11)21-8/h1,3,5,8,11-12H,2,4,6H2,(H,19,20). The van der Waals surface area contributed by atoms with E-state index in [4.69, 9.17) is 4.74 Å². The van der Waals surface area contributed by atoms with Gasteiger partial charge in [-0.05, 0) is 37.5 Å². The van der Waals surface area contributed by atoms with Crippen molar-refractivity contribution in [1.29, 1.82) is 0 Å². The molecule has 114 valence electrons. The van der Waals surface area contributed by atoms with Crippen molar-refractivity contribution < 1.29 is 22.7 Å². The molecule has 3 atom stereocenters. The van der Waals surface area contributed by atoms with Crippen molar-refractivity contribution in [3.63, 3.8) is 0 Å². The van der Waals surface area contributed by atoms with Gasteiger partial charge in [0.05, 0.1) is 23.8 Å². The molecule has 1 N–H and O–H groups in total. The monoisotopic (exact) mass is 363 g/mol. The molecule has 0 spiro atoms. The van der Waals surface area contributed by atoms with Gasteiger partial charge in [0.1, 0.15) is 0 Å². The number of carbonyl (C=O) groups is 1. The van der Waals surface area contributed by atoms with Gasteiger partial charge in [-0.15, -0.1) is 0 Å². The van der Waals surface area contributed by atoms with Crippen molar-refractivity contribution >= 4 is 21.8 Å². The van der Waals surface area contributed by atoms with Gasteiger partial charge < -0.3 is 10.1 Å². The lowest BCUT2D eigenvalue weighted by atomic mass is 9.95. The van der Waals surface area contributed by atoms with E-state index in [-0.39, 0.29) is 28.3 Å². The third-order valence-electron chi connectivity index (χ3n) is 3.96. The summed E-state index contributed by atoms with van der Waals surface area (Å²) in [4.78, 5) is 12.1. The summed E-state index contributed by atoms with van der Waals surface area (Å²) >= 11 is 2.86. The van der Waals surface area contributed by atoms with Crippen molar-refractivity contribution in [3.05, 3.63) is 33.8 Å². The van der Waals surface area contributed by atoms with Gasteiger partial charge in [0.15, 0.2) is 0 Å². The van der Waals surface area contributed by atoms with Gasteiger partial charge >= 0.3 is 6.18 Å². The average molecular weight is 364 g/mol. The van der Waals surface area contributed by atoms with Crippen LogP contribution < -0.4 is 5.32 Å². The van der Waals surface area contributed by atoms with Crippen molar-refractivity contribution in [2.75, 3.05) is 0 Å². The number of hydrogen-bond donors (Lipinski definition) is 1. The number of halogens is 4. The predicted molar refractivity (Wildman–Crippen MR) is 72.9 cm³/mol. The summed E-state index contributed by atoms with van der Waals surface area (Å²) in [6, 6.07) is 3.39. The van der Waals surface area contributed by atoms with Crippen LogP contribution in [0.3, 0.4) is 0 Å². The Bertz CT molecular complexity index is 576. The summed E-state index contributed by atoms with van der Waals surface area (Å²) in [6.45, 7) is 0. The van der Waals surface area contributed by atoms with Gasteiger partial charge in [0.2, 0.25) is 0 Å². The molecule has 0 aromatic heterocycles. The number of hydrogen-bond acceptors (Lipinski definition) is 2. The van der Waals surface area contributed by atoms with Crippen LogP contribution in [0.2, 0.25) is 0 Å². The molecule has 7 heteroatoms. The van der Waals surface area contributed by atoms with Crippen LogP contribution >= 0.6 is 15.9 Å². The number of amides is 1. The lowest BCUT2D eigenvalue weighted by molar-refractivity contribution is -0.138. The Morgan fingerprint density at radius 2 is 2.10 bits per heavy atom. The fourth-order valence-electron chi connectivity index (χ4n) is 2.93. The highest BCUT2D eigenvalue weighted by molar-refractivity contribution is 9.10. The molecule has 2 aliphatic rings. The Morgan fingerprint density at radius 3 is 2.67 bits per heavy atom. The van der Waals surface area contributed by atoms with Gasteiger partial charge in [0, 0.05) is 10.0 Å². The quantitative estimate of drug-likeness (QED) is 0.872. The van der Waals surface area contributed by atoms with Crippen LogP contribution in [0.4, 0.5) is 13.2 Å². The molecular weight excluding hydrogens is 351 g/mol. The van der Waals surface area contributed by atoms with E-state index in [2.05, 4.69) is 21.2 Å². The summed E-state index contributed by atoms with van der Waals surface area (Å²) in [7, 11) is 0. The summed E-state index contributed by atoms with van der Waals surface area (Å²) in [6.07, 6.45) is -1.70. The normalized spacial score (nSPS) is 27.9. The Hall–Kier alpha value is -1.08. The van der Waals surface area contributed by atoms with E-state index in [1.54, 1.807) is 0 Å². The van der Waals surface area contributed by atoms with Gasteiger partial charge in [0.25, 0.3) is 5.91 Å². The van der Waals surface area contributed by atoms with Crippen LogP contribution in [0.25, 0.3) is 0 Å². The number of alkyl halides is 3. The molecule has 0 aliphatic carbocycles. The van der Waals surface area contributed by atoms with E-state index in [1.165, 1.54) is 12.1 Å². The molecule has 3 unspecified atom stereocenters. The number of carbonyl (C=O) groups excluding carboxylic acids is 1. The van der Waals surface area contributed by atoms with Crippen molar-refractivity contribution in [1.82, 2.24) is 5.32 Å². The summed E-state index contributed by atoms with van der Waals surface area (Å²) < 4.78 is 44.1. The Morgan fingerprint density at radius 1 is 1.33 bits per heavy atom. The maximum atomic E-state index is 12.8. The molecule has 1 amide bonds. The average Bonchev–Trinajstić information content (AvgIpc) is 3.00. The van der Waals surface area contributed by atoms with E-state index in [0.29, 0.717) is 0 Å². The fourth-order valence-corrected chi connectivity index (χ4v) is 3.40. The van der Waals surface area contributed by atoms with Crippen molar-refractivity contribution in [2.45, 2.75) is 43.7 Å².